The zero-order chi connectivity index (χ0) is 12.2. The molecule has 0 amide bonds. The Morgan fingerprint density at radius 1 is 1.62 bits per heavy atom. The Balaban J connectivity index is 3.22. The lowest BCUT2D eigenvalue weighted by Gasteiger charge is -2.04. The summed E-state index contributed by atoms with van der Waals surface area (Å²) in [5, 5.41) is 10.6. The number of hydrogen-bond acceptors (Lipinski definition) is 5. The molecule has 86 valence electrons. The van der Waals surface area contributed by atoms with Crippen LogP contribution in [-0.2, 0) is 10.0 Å². The quantitative estimate of drug-likeness (QED) is 0.459. The van der Waals surface area contributed by atoms with Gasteiger partial charge in [-0.15, -0.1) is 6.58 Å². The summed E-state index contributed by atoms with van der Waals surface area (Å²) in [6.07, 6.45) is 3.42. The maximum absolute atomic E-state index is 11.6. The van der Waals surface area contributed by atoms with E-state index in [4.69, 9.17) is 0 Å². The highest BCUT2D eigenvalue weighted by atomic mass is 32.2. The molecule has 0 saturated carbocycles. The molecule has 0 bridgehead atoms. The van der Waals surface area contributed by atoms with Crippen LogP contribution in [0.3, 0.4) is 0 Å². The van der Waals surface area contributed by atoms with Crippen LogP contribution in [0.1, 0.15) is 0 Å². The van der Waals surface area contributed by atoms with Gasteiger partial charge in [0.05, 0.1) is 11.1 Å². The van der Waals surface area contributed by atoms with Gasteiger partial charge in [-0.3, -0.25) is 15.1 Å². The van der Waals surface area contributed by atoms with Gasteiger partial charge in [0, 0.05) is 18.8 Å². The highest BCUT2D eigenvalue weighted by Gasteiger charge is 2.24. The average Bonchev–Trinajstić information content (AvgIpc) is 2.26. The first-order valence-electron chi connectivity index (χ1n) is 4.18. The van der Waals surface area contributed by atoms with E-state index in [1.807, 2.05) is 0 Å². The molecule has 0 unspecified atom stereocenters. The molecule has 0 fully saturated rings. The summed E-state index contributed by atoms with van der Waals surface area (Å²) in [6.45, 7) is 3.33. The molecular formula is C8H9N3O4S. The predicted molar refractivity (Wildman–Crippen MR) is 56.3 cm³/mol. The van der Waals surface area contributed by atoms with Gasteiger partial charge >= 0.3 is 0 Å². The summed E-state index contributed by atoms with van der Waals surface area (Å²) in [4.78, 5) is 12.9. The maximum Gasteiger partial charge on any atom is 0.292 e. The highest BCUT2D eigenvalue weighted by Crippen LogP contribution is 2.21. The van der Waals surface area contributed by atoms with Crippen molar-refractivity contribution >= 4 is 15.7 Å². The van der Waals surface area contributed by atoms with Crippen molar-refractivity contribution in [2.75, 3.05) is 6.54 Å². The Bertz CT molecular complexity index is 512. The van der Waals surface area contributed by atoms with Crippen molar-refractivity contribution in [1.82, 2.24) is 9.71 Å². The minimum absolute atomic E-state index is 0.00557. The van der Waals surface area contributed by atoms with Crippen LogP contribution in [0.2, 0.25) is 0 Å². The first kappa shape index (κ1) is 12.3. The van der Waals surface area contributed by atoms with E-state index in [-0.39, 0.29) is 6.54 Å². The zero-order valence-electron chi connectivity index (χ0n) is 8.16. The lowest BCUT2D eigenvalue weighted by atomic mass is 10.4. The number of pyridine rings is 1. The van der Waals surface area contributed by atoms with E-state index in [0.717, 1.165) is 18.5 Å². The lowest BCUT2D eigenvalue weighted by molar-refractivity contribution is -0.387. The van der Waals surface area contributed by atoms with Gasteiger partial charge in [-0.25, -0.2) is 13.1 Å². The third-order valence-corrected chi connectivity index (χ3v) is 3.11. The molecule has 0 aromatic carbocycles. The Morgan fingerprint density at radius 3 is 2.88 bits per heavy atom. The Labute approximate surface area is 92.0 Å². The van der Waals surface area contributed by atoms with Gasteiger partial charge in [0.25, 0.3) is 5.69 Å². The molecule has 0 spiro atoms. The molecule has 0 radical (unpaired) electrons. The first-order valence-corrected chi connectivity index (χ1v) is 5.66. The van der Waals surface area contributed by atoms with E-state index in [0.29, 0.717) is 0 Å². The molecular weight excluding hydrogens is 234 g/mol. The maximum atomic E-state index is 11.6. The van der Waals surface area contributed by atoms with Gasteiger partial charge in [-0.05, 0) is 0 Å². The van der Waals surface area contributed by atoms with Crippen molar-refractivity contribution in [3.05, 3.63) is 41.2 Å². The monoisotopic (exact) mass is 243 g/mol. The second-order valence-corrected chi connectivity index (χ2v) is 4.48. The van der Waals surface area contributed by atoms with Crippen molar-refractivity contribution in [2.24, 2.45) is 0 Å². The minimum atomic E-state index is -3.92. The second-order valence-electron chi connectivity index (χ2n) is 2.74. The Hall–Kier alpha value is -1.80. The summed E-state index contributed by atoms with van der Waals surface area (Å²) in [5.41, 5.74) is -0.508. The van der Waals surface area contributed by atoms with Gasteiger partial charge in [0.15, 0.2) is 4.90 Å². The van der Waals surface area contributed by atoms with E-state index >= 15 is 0 Å². The summed E-state index contributed by atoms with van der Waals surface area (Å²) >= 11 is 0. The van der Waals surface area contributed by atoms with Crippen LogP contribution in [0.4, 0.5) is 5.69 Å². The molecule has 1 aromatic rings. The van der Waals surface area contributed by atoms with Crippen molar-refractivity contribution < 1.29 is 13.3 Å². The van der Waals surface area contributed by atoms with Gasteiger partial charge in [0.1, 0.15) is 0 Å². The highest BCUT2D eigenvalue weighted by molar-refractivity contribution is 7.89. The molecule has 0 atom stereocenters. The molecule has 1 heterocycles. The molecule has 0 aliphatic carbocycles. The molecule has 8 heteroatoms. The molecule has 1 N–H and O–H groups in total. The average molecular weight is 243 g/mol. The molecule has 0 aliphatic heterocycles. The van der Waals surface area contributed by atoms with Crippen molar-refractivity contribution in [2.45, 2.75) is 4.90 Å². The summed E-state index contributed by atoms with van der Waals surface area (Å²) in [7, 11) is -3.92. The topological polar surface area (TPSA) is 102 Å². The van der Waals surface area contributed by atoms with Crippen LogP contribution in [0.5, 0.6) is 0 Å². The van der Waals surface area contributed by atoms with Gasteiger partial charge in [-0.1, -0.05) is 6.08 Å². The van der Waals surface area contributed by atoms with Crippen molar-refractivity contribution in [3.63, 3.8) is 0 Å². The molecule has 1 rings (SSSR count). The SMILES string of the molecule is C=CCNS(=O)(=O)c1cnccc1[N+](=O)[O-]. The minimum Gasteiger partial charge on any atom is -0.263 e. The zero-order valence-corrected chi connectivity index (χ0v) is 8.98. The second kappa shape index (κ2) is 4.81. The van der Waals surface area contributed by atoms with E-state index < -0.39 is 25.5 Å². The smallest absolute Gasteiger partial charge is 0.263 e. The van der Waals surface area contributed by atoms with Crippen LogP contribution in [0.15, 0.2) is 36.0 Å². The largest absolute Gasteiger partial charge is 0.292 e. The lowest BCUT2D eigenvalue weighted by Crippen LogP contribution is -2.24. The van der Waals surface area contributed by atoms with E-state index in [2.05, 4.69) is 16.3 Å². The number of aromatic nitrogens is 1. The molecule has 1 aromatic heterocycles. The van der Waals surface area contributed by atoms with Crippen molar-refractivity contribution in [1.29, 1.82) is 0 Å². The normalized spacial score (nSPS) is 11.0. The number of nitrogens with zero attached hydrogens (tertiary/aromatic N) is 2. The summed E-state index contributed by atoms with van der Waals surface area (Å²) in [5.74, 6) is 0. The Kier molecular flexibility index (Phi) is 3.69. The standard InChI is InChI=1S/C8H9N3O4S/c1-2-4-10-16(14,15)8-6-9-5-3-7(8)11(12)13/h2-3,5-6,10H,1,4H2. The number of nitro groups is 1. The van der Waals surface area contributed by atoms with E-state index in [1.165, 1.54) is 6.08 Å². The number of nitrogens with one attached hydrogen (secondary N) is 1. The van der Waals surface area contributed by atoms with Crippen LogP contribution in [0.25, 0.3) is 0 Å². The predicted octanol–water partition coefficient (Wildman–Crippen LogP) is 0.454. The molecule has 16 heavy (non-hydrogen) atoms. The molecule has 0 aliphatic rings. The van der Waals surface area contributed by atoms with E-state index in [9.17, 15) is 18.5 Å². The Morgan fingerprint density at radius 2 is 2.31 bits per heavy atom. The number of hydrogen-bond donors (Lipinski definition) is 1. The van der Waals surface area contributed by atoms with Gasteiger partial charge in [0.2, 0.25) is 10.0 Å². The van der Waals surface area contributed by atoms with Gasteiger partial charge < -0.3 is 0 Å². The third kappa shape index (κ3) is 2.61. The van der Waals surface area contributed by atoms with E-state index in [1.54, 1.807) is 0 Å². The fourth-order valence-electron chi connectivity index (χ4n) is 0.977. The van der Waals surface area contributed by atoms with Gasteiger partial charge in [-0.2, -0.15) is 0 Å². The summed E-state index contributed by atoms with van der Waals surface area (Å²) in [6, 6.07) is 1.03. The third-order valence-electron chi connectivity index (χ3n) is 1.67. The fourth-order valence-corrected chi connectivity index (χ4v) is 2.09. The first-order chi connectivity index (χ1) is 7.49. The molecule has 7 nitrogen and oxygen atoms in total. The van der Waals surface area contributed by atoms with Crippen LogP contribution in [-0.4, -0.2) is 24.9 Å². The summed E-state index contributed by atoms with van der Waals surface area (Å²) < 4.78 is 25.4. The number of rotatable bonds is 5. The molecule has 0 saturated heterocycles. The number of sulfonamides is 1. The van der Waals surface area contributed by atoms with Crippen LogP contribution >= 0.6 is 0 Å². The van der Waals surface area contributed by atoms with Crippen LogP contribution < -0.4 is 4.72 Å². The van der Waals surface area contributed by atoms with Crippen LogP contribution in [0, 0.1) is 10.1 Å². The van der Waals surface area contributed by atoms with Crippen molar-refractivity contribution in [3.8, 4) is 0 Å². The fraction of sp³-hybridized carbons (Fsp3) is 0.125.